The predicted molar refractivity (Wildman–Crippen MR) is 180 cm³/mol. The highest BCUT2D eigenvalue weighted by Gasteiger charge is 2.37. The summed E-state index contributed by atoms with van der Waals surface area (Å²) < 4.78 is 1.43. The van der Waals surface area contributed by atoms with E-state index < -0.39 is 0 Å². The van der Waals surface area contributed by atoms with Gasteiger partial charge in [0.25, 0.3) is 23.6 Å². The Kier molecular flexibility index (Phi) is 7.04. The van der Waals surface area contributed by atoms with E-state index >= 15 is 0 Å². The van der Waals surface area contributed by atoms with Gasteiger partial charge < -0.3 is 9.80 Å². The summed E-state index contributed by atoms with van der Waals surface area (Å²) in [7, 11) is 7.87. The summed E-state index contributed by atoms with van der Waals surface area (Å²) in [4.78, 5) is 61.9. The molecule has 10 heteroatoms. The number of carbonyl (C=O) groups is 4. The summed E-state index contributed by atoms with van der Waals surface area (Å²) in [5, 5.41) is 6.30. The zero-order valence-electron chi connectivity index (χ0n) is 24.9. The van der Waals surface area contributed by atoms with Gasteiger partial charge in [0.05, 0.1) is 0 Å². The fraction of sp³-hybridized carbons (Fsp3) is 0.294. The van der Waals surface area contributed by atoms with E-state index in [1.54, 1.807) is 0 Å². The zero-order valence-corrected chi connectivity index (χ0v) is 28.1. The van der Waals surface area contributed by atoms with Crippen LogP contribution >= 0.6 is 31.9 Å². The highest BCUT2D eigenvalue weighted by atomic mass is 79.9. The molecule has 2 aliphatic rings. The number of fused-ring (bicyclic) bond motifs is 2. The average molecular weight is 718 g/mol. The van der Waals surface area contributed by atoms with E-state index in [0.717, 1.165) is 45.4 Å². The molecule has 224 valence electrons. The number of hydrogen-bond acceptors (Lipinski definition) is 6. The average Bonchev–Trinajstić information content (AvgIpc) is 2.97. The Bertz CT molecular complexity index is 1980. The fourth-order valence-corrected chi connectivity index (χ4v) is 8.25. The van der Waals surface area contributed by atoms with Gasteiger partial charge in [-0.2, -0.15) is 0 Å². The molecule has 5 aromatic carbocycles. The second-order valence-corrected chi connectivity index (χ2v) is 13.9. The SMILES string of the molecule is CN(C)CCCN1C(=O)c2ccc3c4c(Br)cc5c6c(cc(Br)c(c7ccc(c2c37)C1=O)c64)C(=O)N(CCCN(C)C)C5=O. The molecule has 0 bridgehead atoms. The predicted octanol–water partition coefficient (Wildman–Crippen LogP) is 6.36. The summed E-state index contributed by atoms with van der Waals surface area (Å²) in [5.41, 5.74) is 1.98. The molecule has 0 radical (unpaired) electrons. The van der Waals surface area contributed by atoms with Crippen molar-refractivity contribution in [2.75, 3.05) is 54.4 Å². The lowest BCUT2D eigenvalue weighted by Gasteiger charge is -2.31. The Morgan fingerprint density at radius 3 is 1.32 bits per heavy atom. The fourth-order valence-electron chi connectivity index (χ4n) is 6.97. The van der Waals surface area contributed by atoms with Gasteiger partial charge in [-0.1, -0.05) is 44.0 Å². The van der Waals surface area contributed by atoms with Crippen molar-refractivity contribution in [2.24, 2.45) is 0 Å². The van der Waals surface area contributed by atoms with Gasteiger partial charge in [-0.25, -0.2) is 0 Å². The summed E-state index contributed by atoms with van der Waals surface area (Å²) in [6.07, 6.45) is 1.36. The highest BCUT2D eigenvalue weighted by Crippen LogP contribution is 2.50. The first-order valence-corrected chi connectivity index (χ1v) is 16.2. The quantitative estimate of drug-likeness (QED) is 0.106. The molecule has 0 aliphatic carbocycles. The second kappa shape index (κ2) is 10.6. The van der Waals surface area contributed by atoms with Crippen molar-refractivity contribution in [1.82, 2.24) is 19.6 Å². The van der Waals surface area contributed by atoms with E-state index in [2.05, 4.69) is 31.9 Å². The third-order valence-electron chi connectivity index (χ3n) is 8.88. The largest absolute Gasteiger partial charge is 0.309 e. The highest BCUT2D eigenvalue weighted by molar-refractivity contribution is 9.11. The maximum atomic E-state index is 13.8. The zero-order chi connectivity index (χ0) is 31.2. The number of imide groups is 2. The van der Waals surface area contributed by atoms with Gasteiger partial charge in [-0.05, 0) is 94.5 Å². The van der Waals surface area contributed by atoms with Crippen molar-refractivity contribution in [3.63, 3.8) is 0 Å². The normalized spacial score (nSPS) is 15.2. The number of hydrogen-bond donors (Lipinski definition) is 0. The van der Waals surface area contributed by atoms with Crippen LogP contribution in [0, 0.1) is 0 Å². The lowest BCUT2D eigenvalue weighted by atomic mass is 9.82. The molecule has 0 saturated carbocycles. The van der Waals surface area contributed by atoms with Crippen molar-refractivity contribution < 1.29 is 19.2 Å². The van der Waals surface area contributed by atoms with Crippen LogP contribution in [-0.2, 0) is 0 Å². The summed E-state index contributed by atoms with van der Waals surface area (Å²) in [5.74, 6) is -1.18. The molecule has 2 aliphatic heterocycles. The molecule has 0 unspecified atom stereocenters. The molecule has 44 heavy (non-hydrogen) atoms. The van der Waals surface area contributed by atoms with Gasteiger partial charge >= 0.3 is 0 Å². The molecule has 2 heterocycles. The van der Waals surface area contributed by atoms with E-state index in [4.69, 9.17) is 0 Å². The maximum absolute atomic E-state index is 13.8. The molecule has 7 rings (SSSR count). The van der Waals surface area contributed by atoms with Crippen LogP contribution in [0.25, 0.3) is 43.1 Å². The Morgan fingerprint density at radius 2 is 0.909 bits per heavy atom. The minimum atomic E-state index is -0.302. The van der Waals surface area contributed by atoms with E-state index in [-0.39, 0.29) is 23.6 Å². The lowest BCUT2D eigenvalue weighted by Crippen LogP contribution is -2.41. The van der Waals surface area contributed by atoms with Crippen molar-refractivity contribution in [3.05, 3.63) is 67.6 Å². The monoisotopic (exact) mass is 716 g/mol. The van der Waals surface area contributed by atoms with Crippen molar-refractivity contribution >= 4 is 98.6 Å². The number of nitrogens with zero attached hydrogens (tertiary/aromatic N) is 4. The Hall–Kier alpha value is -3.44. The third kappa shape index (κ3) is 4.14. The number of carbonyl (C=O) groups excluding carboxylic acids is 4. The number of benzene rings is 5. The molecular formula is C34H30Br2N4O4. The van der Waals surface area contributed by atoms with Crippen LogP contribution in [0.1, 0.15) is 54.3 Å². The van der Waals surface area contributed by atoms with Gasteiger partial charge in [0.2, 0.25) is 0 Å². The van der Waals surface area contributed by atoms with Crippen LogP contribution in [0.4, 0.5) is 0 Å². The smallest absolute Gasteiger partial charge is 0.261 e. The van der Waals surface area contributed by atoms with Gasteiger partial charge in [-0.3, -0.25) is 29.0 Å². The van der Waals surface area contributed by atoms with Crippen LogP contribution in [-0.4, -0.2) is 97.6 Å². The Morgan fingerprint density at radius 1 is 0.523 bits per heavy atom. The number of halogens is 2. The van der Waals surface area contributed by atoms with Crippen LogP contribution in [0.5, 0.6) is 0 Å². The molecule has 4 amide bonds. The van der Waals surface area contributed by atoms with Crippen LogP contribution in [0.2, 0.25) is 0 Å². The summed E-state index contributed by atoms with van der Waals surface area (Å²) in [6.45, 7) is 2.20. The van der Waals surface area contributed by atoms with Gasteiger partial charge in [0.1, 0.15) is 0 Å². The van der Waals surface area contributed by atoms with E-state index in [1.165, 1.54) is 9.80 Å². The second-order valence-electron chi connectivity index (χ2n) is 12.2. The molecule has 0 aromatic heterocycles. The Labute approximate surface area is 271 Å². The van der Waals surface area contributed by atoms with Gasteiger partial charge in [0, 0.05) is 71.2 Å². The summed E-state index contributed by atoms with van der Waals surface area (Å²) in [6, 6.07) is 11.1. The van der Waals surface area contributed by atoms with Gasteiger partial charge in [0.15, 0.2) is 0 Å². The minimum Gasteiger partial charge on any atom is -0.309 e. The topological polar surface area (TPSA) is 81.2 Å². The molecule has 0 N–H and O–H groups in total. The van der Waals surface area contributed by atoms with E-state index in [1.807, 2.05) is 74.4 Å². The number of amides is 4. The van der Waals surface area contributed by atoms with Crippen molar-refractivity contribution in [1.29, 1.82) is 0 Å². The van der Waals surface area contributed by atoms with Crippen molar-refractivity contribution in [3.8, 4) is 0 Å². The van der Waals surface area contributed by atoms with Crippen LogP contribution < -0.4 is 0 Å². The number of rotatable bonds is 8. The molecule has 5 aromatic rings. The van der Waals surface area contributed by atoms with Crippen molar-refractivity contribution in [2.45, 2.75) is 12.8 Å². The lowest BCUT2D eigenvalue weighted by molar-refractivity contribution is 0.0590. The first-order valence-electron chi connectivity index (χ1n) is 14.6. The molecular weight excluding hydrogens is 688 g/mol. The molecule has 0 atom stereocenters. The first-order chi connectivity index (χ1) is 21.0. The third-order valence-corrected chi connectivity index (χ3v) is 10.1. The summed E-state index contributed by atoms with van der Waals surface area (Å²) >= 11 is 7.56. The van der Waals surface area contributed by atoms with E-state index in [9.17, 15) is 19.2 Å². The minimum absolute atomic E-state index is 0.287. The van der Waals surface area contributed by atoms with Crippen LogP contribution in [0.15, 0.2) is 45.3 Å². The molecule has 0 fully saturated rings. The molecule has 0 saturated heterocycles. The van der Waals surface area contributed by atoms with Crippen LogP contribution in [0.3, 0.4) is 0 Å². The Balaban J connectivity index is 1.48. The first kappa shape index (κ1) is 29.3. The van der Waals surface area contributed by atoms with Gasteiger partial charge in [-0.15, -0.1) is 0 Å². The molecule has 8 nitrogen and oxygen atoms in total. The maximum Gasteiger partial charge on any atom is 0.261 e. The standard InChI is InChI=1S/C34H30Br2N4O4/c1-37(2)11-5-13-39-31(41)19-9-7-17-25-18(8-10-20(26(19)25)32(39)42)29-24(36)16-22-27-21(15-23(35)28(17)30(27)29)33(43)40(34(22)44)14-6-12-38(3)4/h7-10,15-16H,5-6,11-14H2,1-4H3. The van der Waals surface area contributed by atoms with E-state index in [0.29, 0.717) is 67.9 Å². The molecule has 0 spiro atoms.